The molecule has 1 heterocycles. The highest BCUT2D eigenvalue weighted by molar-refractivity contribution is 5.25. The zero-order valence-corrected chi connectivity index (χ0v) is 7.68. The number of hydrogen-bond acceptors (Lipinski definition) is 1. The second-order valence-electron chi connectivity index (χ2n) is 4.56. The summed E-state index contributed by atoms with van der Waals surface area (Å²) in [5.41, 5.74) is 3.59. The molecule has 1 nitrogen and oxygen atoms in total. The molecule has 1 unspecified atom stereocenters. The zero-order valence-electron chi connectivity index (χ0n) is 7.68. The second-order valence-corrected chi connectivity index (χ2v) is 4.56. The molecule has 1 aliphatic heterocycles. The fourth-order valence-electron chi connectivity index (χ4n) is 3.12. The Bertz CT molecular complexity index is 223. The van der Waals surface area contributed by atoms with Gasteiger partial charge < -0.3 is 4.90 Å². The summed E-state index contributed by atoms with van der Waals surface area (Å²) in [4.78, 5) is 2.66. The Morgan fingerprint density at radius 1 is 1.08 bits per heavy atom. The van der Waals surface area contributed by atoms with Crippen molar-refractivity contribution in [3.05, 3.63) is 11.3 Å². The van der Waals surface area contributed by atoms with Gasteiger partial charge in [0.1, 0.15) is 0 Å². The summed E-state index contributed by atoms with van der Waals surface area (Å²) in [6, 6.07) is 0. The van der Waals surface area contributed by atoms with Gasteiger partial charge in [0.15, 0.2) is 0 Å². The first-order valence-electron chi connectivity index (χ1n) is 5.39. The van der Waals surface area contributed by atoms with Gasteiger partial charge in [0.2, 0.25) is 0 Å². The highest BCUT2D eigenvalue weighted by Gasteiger charge is 2.33. The van der Waals surface area contributed by atoms with Crippen LogP contribution < -0.4 is 0 Å². The summed E-state index contributed by atoms with van der Waals surface area (Å²) >= 11 is 0. The Morgan fingerprint density at radius 2 is 1.92 bits per heavy atom. The van der Waals surface area contributed by atoms with Crippen LogP contribution in [0.4, 0.5) is 0 Å². The Balaban J connectivity index is 1.83. The van der Waals surface area contributed by atoms with E-state index in [1.807, 2.05) is 5.57 Å². The molecule has 0 N–H and O–H groups in total. The molecule has 0 amide bonds. The third kappa shape index (κ3) is 0.917. The maximum absolute atomic E-state index is 2.66. The van der Waals surface area contributed by atoms with Crippen molar-refractivity contribution in [3.63, 3.8) is 0 Å². The van der Waals surface area contributed by atoms with Crippen molar-refractivity contribution in [2.45, 2.75) is 38.5 Å². The van der Waals surface area contributed by atoms with Gasteiger partial charge in [-0.15, -0.1) is 0 Å². The van der Waals surface area contributed by atoms with Crippen molar-refractivity contribution >= 4 is 0 Å². The van der Waals surface area contributed by atoms with Gasteiger partial charge in [-0.3, -0.25) is 0 Å². The first-order chi connectivity index (χ1) is 5.93. The Kier molecular flexibility index (Phi) is 1.46. The minimum absolute atomic E-state index is 1.05. The lowest BCUT2D eigenvalue weighted by molar-refractivity contribution is 0.383. The van der Waals surface area contributed by atoms with Crippen molar-refractivity contribution < 1.29 is 0 Å². The first-order valence-corrected chi connectivity index (χ1v) is 5.39. The molecule has 3 rings (SSSR count). The third-order valence-corrected chi connectivity index (χ3v) is 3.77. The molecule has 0 aromatic heterocycles. The Morgan fingerprint density at radius 3 is 2.50 bits per heavy atom. The van der Waals surface area contributed by atoms with Gasteiger partial charge >= 0.3 is 0 Å². The minimum atomic E-state index is 1.05. The van der Waals surface area contributed by atoms with Crippen molar-refractivity contribution in [2.75, 3.05) is 13.1 Å². The molecule has 66 valence electrons. The molecule has 2 fully saturated rings. The van der Waals surface area contributed by atoms with Gasteiger partial charge in [0.25, 0.3) is 0 Å². The number of hydrogen-bond donors (Lipinski definition) is 0. The van der Waals surface area contributed by atoms with Gasteiger partial charge in [-0.25, -0.2) is 0 Å². The molecule has 0 radical (unpaired) electrons. The van der Waals surface area contributed by atoms with E-state index in [-0.39, 0.29) is 0 Å². The maximum atomic E-state index is 2.66. The van der Waals surface area contributed by atoms with Crippen LogP contribution in [0.3, 0.4) is 0 Å². The summed E-state index contributed by atoms with van der Waals surface area (Å²) in [6.45, 7) is 2.71. The fourth-order valence-corrected chi connectivity index (χ4v) is 3.12. The zero-order chi connectivity index (χ0) is 7.97. The number of allylic oxidation sites excluding steroid dienone is 2. The van der Waals surface area contributed by atoms with Crippen LogP contribution in [0.2, 0.25) is 0 Å². The number of fused-ring (bicyclic) bond motifs is 2. The number of nitrogens with zero attached hydrogens (tertiary/aromatic N) is 1. The predicted octanol–water partition coefficient (Wildman–Crippen LogP) is 2.54. The van der Waals surface area contributed by atoms with Gasteiger partial charge in [-0.05, 0) is 44.4 Å². The molecule has 1 saturated heterocycles. The molecular weight excluding hydrogens is 146 g/mol. The molecule has 0 aromatic rings. The van der Waals surface area contributed by atoms with Crippen LogP contribution >= 0.6 is 0 Å². The van der Waals surface area contributed by atoms with E-state index in [1.165, 1.54) is 51.6 Å². The molecule has 2 bridgehead atoms. The highest BCUT2D eigenvalue weighted by Crippen LogP contribution is 2.45. The average molecular weight is 163 g/mol. The van der Waals surface area contributed by atoms with E-state index in [2.05, 4.69) is 4.90 Å². The lowest BCUT2D eigenvalue weighted by Gasteiger charge is -2.23. The predicted molar refractivity (Wildman–Crippen MR) is 49.8 cm³/mol. The summed E-state index contributed by atoms with van der Waals surface area (Å²) in [5.74, 6) is 1.05. The molecule has 1 atom stereocenters. The topological polar surface area (TPSA) is 3.24 Å². The van der Waals surface area contributed by atoms with E-state index in [1.54, 1.807) is 5.70 Å². The van der Waals surface area contributed by atoms with E-state index >= 15 is 0 Å². The third-order valence-electron chi connectivity index (χ3n) is 3.77. The van der Waals surface area contributed by atoms with Crippen molar-refractivity contribution in [1.29, 1.82) is 0 Å². The van der Waals surface area contributed by atoms with E-state index in [9.17, 15) is 0 Å². The van der Waals surface area contributed by atoms with Crippen molar-refractivity contribution in [1.82, 2.24) is 4.90 Å². The molecule has 0 spiro atoms. The number of rotatable bonds is 1. The lowest BCUT2D eigenvalue weighted by atomic mass is 10.0. The highest BCUT2D eigenvalue weighted by atomic mass is 15.2. The smallest absolute Gasteiger partial charge is 0.0175 e. The van der Waals surface area contributed by atoms with Gasteiger partial charge in [-0.1, -0.05) is 5.57 Å². The molecule has 2 aliphatic carbocycles. The molecule has 1 heteroatoms. The lowest BCUT2D eigenvalue weighted by Crippen LogP contribution is -2.20. The summed E-state index contributed by atoms with van der Waals surface area (Å²) in [7, 11) is 0. The van der Waals surface area contributed by atoms with Crippen molar-refractivity contribution in [2.24, 2.45) is 5.92 Å². The van der Waals surface area contributed by atoms with Crippen molar-refractivity contribution in [3.8, 4) is 0 Å². The second kappa shape index (κ2) is 2.51. The van der Waals surface area contributed by atoms with Gasteiger partial charge in [0.05, 0.1) is 0 Å². The van der Waals surface area contributed by atoms with Gasteiger partial charge in [-0.2, -0.15) is 0 Å². The van der Waals surface area contributed by atoms with E-state index in [0.29, 0.717) is 0 Å². The minimum Gasteiger partial charge on any atom is -0.375 e. The fraction of sp³-hybridized carbons (Fsp3) is 0.818. The van der Waals surface area contributed by atoms with Crippen LogP contribution in [-0.2, 0) is 0 Å². The summed E-state index contributed by atoms with van der Waals surface area (Å²) in [6.07, 6.45) is 8.66. The first kappa shape index (κ1) is 6.99. The summed E-state index contributed by atoms with van der Waals surface area (Å²) < 4.78 is 0. The Labute approximate surface area is 74.4 Å². The molecule has 1 saturated carbocycles. The van der Waals surface area contributed by atoms with Crippen LogP contribution in [0.1, 0.15) is 38.5 Å². The van der Waals surface area contributed by atoms with E-state index < -0.39 is 0 Å². The van der Waals surface area contributed by atoms with E-state index in [4.69, 9.17) is 0 Å². The quantitative estimate of drug-likeness (QED) is 0.574. The van der Waals surface area contributed by atoms with Crippen LogP contribution in [0.25, 0.3) is 0 Å². The maximum Gasteiger partial charge on any atom is 0.0175 e. The SMILES string of the molecule is C1CCN(C2=C3CCC(C3)C2)C1. The molecule has 3 aliphatic rings. The molecule has 0 aromatic carbocycles. The van der Waals surface area contributed by atoms with Gasteiger partial charge in [0, 0.05) is 18.8 Å². The van der Waals surface area contributed by atoms with Crippen LogP contribution in [-0.4, -0.2) is 18.0 Å². The van der Waals surface area contributed by atoms with Crippen LogP contribution in [0, 0.1) is 5.92 Å². The molecular formula is C11H17N. The summed E-state index contributed by atoms with van der Waals surface area (Å²) in [5, 5.41) is 0. The van der Waals surface area contributed by atoms with Crippen LogP contribution in [0.15, 0.2) is 11.3 Å². The van der Waals surface area contributed by atoms with Crippen LogP contribution in [0.5, 0.6) is 0 Å². The normalized spacial score (nSPS) is 34.0. The number of likely N-dealkylation sites (tertiary alicyclic amines) is 1. The monoisotopic (exact) mass is 163 g/mol. The Hall–Kier alpha value is -0.460. The molecule has 12 heavy (non-hydrogen) atoms. The standard InChI is InChI=1S/C11H17N/c1-2-6-12(5-1)11-8-9-3-4-10(11)7-9/h9H,1-8H2. The average Bonchev–Trinajstić information content (AvgIpc) is 2.81. The largest absolute Gasteiger partial charge is 0.375 e. The van der Waals surface area contributed by atoms with E-state index in [0.717, 1.165) is 5.92 Å².